The van der Waals surface area contributed by atoms with Crippen LogP contribution >= 0.6 is 12.4 Å². The minimum Gasteiger partial charge on any atom is -0.398 e. The highest BCUT2D eigenvalue weighted by molar-refractivity contribution is 5.98. The predicted molar refractivity (Wildman–Crippen MR) is 110 cm³/mol. The maximum atomic E-state index is 12.5. The lowest BCUT2D eigenvalue weighted by atomic mass is 9.98. The van der Waals surface area contributed by atoms with Crippen molar-refractivity contribution < 1.29 is 9.59 Å². The van der Waals surface area contributed by atoms with Crippen molar-refractivity contribution in [1.82, 2.24) is 10.6 Å². The molecule has 4 N–H and O–H groups in total. The monoisotopic (exact) mass is 388 g/mol. The predicted octanol–water partition coefficient (Wildman–Crippen LogP) is 2.86. The van der Waals surface area contributed by atoms with Crippen LogP contribution in [0.15, 0.2) is 48.5 Å². The summed E-state index contributed by atoms with van der Waals surface area (Å²) in [6, 6.07) is 14.4. The molecule has 1 unspecified atom stereocenters. The third-order valence-electron chi connectivity index (χ3n) is 4.70. The van der Waals surface area contributed by atoms with Crippen molar-refractivity contribution in [1.29, 1.82) is 0 Å². The van der Waals surface area contributed by atoms with E-state index in [-0.39, 0.29) is 18.3 Å². The molecule has 1 heterocycles. The zero-order chi connectivity index (χ0) is 18.5. The van der Waals surface area contributed by atoms with Gasteiger partial charge in [-0.3, -0.25) is 10.1 Å². The van der Waals surface area contributed by atoms with Crippen LogP contribution < -0.4 is 21.3 Å². The molecule has 27 heavy (non-hydrogen) atoms. The van der Waals surface area contributed by atoms with Crippen LogP contribution in [-0.4, -0.2) is 24.5 Å². The Morgan fingerprint density at radius 2 is 1.89 bits per heavy atom. The molecule has 7 heteroatoms. The average Bonchev–Trinajstić information content (AvgIpc) is 2.66. The molecule has 6 nitrogen and oxygen atoms in total. The molecular weight excluding hydrogens is 364 g/mol. The van der Waals surface area contributed by atoms with Crippen molar-refractivity contribution in [3.63, 3.8) is 0 Å². The molecular formula is C20H25ClN4O2. The van der Waals surface area contributed by atoms with E-state index >= 15 is 0 Å². The first-order chi connectivity index (χ1) is 12.6. The summed E-state index contributed by atoms with van der Waals surface area (Å²) >= 11 is 0. The quantitative estimate of drug-likeness (QED) is 0.703. The normalized spacial score (nSPS) is 13.7. The number of carbonyl (C=O) groups excluding carboxylic acids is 2. The minimum absolute atomic E-state index is 0. The number of urea groups is 1. The second-order valence-corrected chi connectivity index (χ2v) is 6.48. The number of rotatable bonds is 4. The smallest absolute Gasteiger partial charge is 0.321 e. The van der Waals surface area contributed by atoms with Gasteiger partial charge in [-0.25, -0.2) is 4.79 Å². The third-order valence-corrected chi connectivity index (χ3v) is 4.70. The molecule has 0 radical (unpaired) electrons. The number of imide groups is 1. The topological polar surface area (TPSA) is 87.5 Å². The Hall–Kier alpha value is -2.73. The molecule has 0 fully saturated rings. The fourth-order valence-electron chi connectivity index (χ4n) is 3.26. The van der Waals surface area contributed by atoms with Crippen LogP contribution in [0.5, 0.6) is 0 Å². The van der Waals surface area contributed by atoms with Gasteiger partial charge in [-0.15, -0.1) is 12.4 Å². The van der Waals surface area contributed by atoms with Crippen molar-refractivity contribution >= 4 is 35.7 Å². The van der Waals surface area contributed by atoms with Gasteiger partial charge in [0.2, 0.25) is 5.91 Å². The molecule has 0 saturated heterocycles. The first-order valence-corrected chi connectivity index (χ1v) is 8.83. The molecule has 1 atom stereocenters. The maximum Gasteiger partial charge on any atom is 0.321 e. The van der Waals surface area contributed by atoms with E-state index < -0.39 is 12.1 Å². The van der Waals surface area contributed by atoms with Gasteiger partial charge in [0.15, 0.2) is 0 Å². The summed E-state index contributed by atoms with van der Waals surface area (Å²) in [4.78, 5) is 26.6. The van der Waals surface area contributed by atoms with E-state index in [4.69, 9.17) is 5.73 Å². The van der Waals surface area contributed by atoms with Crippen LogP contribution in [0.25, 0.3) is 0 Å². The van der Waals surface area contributed by atoms with E-state index in [0.717, 1.165) is 41.9 Å². The molecule has 1 aliphatic rings. The SMILES string of the molecule is CC(C(=O)NC(=O)NCc1ccccc1)N1CCCc2c(N)cccc21.Cl. The second-order valence-electron chi connectivity index (χ2n) is 6.48. The highest BCUT2D eigenvalue weighted by Gasteiger charge is 2.27. The van der Waals surface area contributed by atoms with Crippen molar-refractivity contribution in [2.45, 2.75) is 32.4 Å². The number of nitrogens with one attached hydrogen (secondary N) is 2. The number of nitrogens with zero attached hydrogens (tertiary/aromatic N) is 1. The van der Waals surface area contributed by atoms with E-state index in [9.17, 15) is 9.59 Å². The highest BCUT2D eigenvalue weighted by atomic mass is 35.5. The van der Waals surface area contributed by atoms with Crippen molar-refractivity contribution in [3.05, 3.63) is 59.7 Å². The van der Waals surface area contributed by atoms with E-state index in [1.165, 1.54) is 0 Å². The first kappa shape index (κ1) is 20.6. The Morgan fingerprint density at radius 3 is 2.63 bits per heavy atom. The van der Waals surface area contributed by atoms with Crippen LogP contribution in [0.3, 0.4) is 0 Å². The summed E-state index contributed by atoms with van der Waals surface area (Å²) in [5, 5.41) is 5.14. The third kappa shape index (κ3) is 4.92. The van der Waals surface area contributed by atoms with Gasteiger partial charge in [0, 0.05) is 24.5 Å². The molecule has 0 aromatic heterocycles. The number of fused-ring (bicyclic) bond motifs is 1. The van der Waals surface area contributed by atoms with E-state index in [0.29, 0.717) is 6.54 Å². The van der Waals surface area contributed by atoms with Gasteiger partial charge in [-0.1, -0.05) is 36.4 Å². The maximum absolute atomic E-state index is 12.5. The van der Waals surface area contributed by atoms with Crippen LogP contribution in [0.4, 0.5) is 16.2 Å². The Bertz CT molecular complexity index is 798. The molecule has 0 bridgehead atoms. The minimum atomic E-state index is -0.490. The van der Waals surface area contributed by atoms with Crippen molar-refractivity contribution in [2.24, 2.45) is 0 Å². The molecule has 2 aromatic carbocycles. The standard InChI is InChI=1S/C20H24N4O2.ClH/c1-14(24-12-6-9-16-17(21)10-5-11-18(16)24)19(25)23-20(26)22-13-15-7-3-2-4-8-15;/h2-5,7-8,10-11,14H,6,9,12-13,21H2,1H3,(H2,22,23,25,26);1H. The number of amides is 3. The fourth-order valence-corrected chi connectivity index (χ4v) is 3.26. The van der Waals surface area contributed by atoms with E-state index in [2.05, 4.69) is 10.6 Å². The van der Waals surface area contributed by atoms with Gasteiger partial charge in [-0.05, 0) is 43.0 Å². The Balaban J connectivity index is 0.00000261. The fraction of sp³-hybridized carbons (Fsp3) is 0.300. The van der Waals surface area contributed by atoms with E-state index in [1.807, 2.05) is 53.4 Å². The molecule has 3 amide bonds. The van der Waals surface area contributed by atoms with Gasteiger partial charge in [0.05, 0.1) is 0 Å². The number of nitrogen functional groups attached to an aromatic ring is 1. The summed E-state index contributed by atoms with van der Waals surface area (Å²) in [5.74, 6) is -0.328. The lowest BCUT2D eigenvalue weighted by Crippen LogP contribution is -2.51. The number of hydrogen-bond donors (Lipinski definition) is 3. The van der Waals surface area contributed by atoms with Crippen LogP contribution in [-0.2, 0) is 17.8 Å². The summed E-state index contributed by atoms with van der Waals surface area (Å²) in [5.41, 5.74) is 9.84. The van der Waals surface area contributed by atoms with Crippen molar-refractivity contribution in [2.75, 3.05) is 17.2 Å². The molecule has 0 saturated carbocycles. The van der Waals surface area contributed by atoms with Gasteiger partial charge in [0.1, 0.15) is 6.04 Å². The molecule has 0 aliphatic carbocycles. The van der Waals surface area contributed by atoms with Gasteiger partial charge in [0.25, 0.3) is 0 Å². The largest absolute Gasteiger partial charge is 0.398 e. The summed E-state index contributed by atoms with van der Waals surface area (Å²) in [6.07, 6.45) is 1.84. The number of halogens is 1. The Kier molecular flexibility index (Phi) is 7.07. The molecule has 3 rings (SSSR count). The zero-order valence-corrected chi connectivity index (χ0v) is 16.1. The van der Waals surface area contributed by atoms with Gasteiger partial charge >= 0.3 is 6.03 Å². The first-order valence-electron chi connectivity index (χ1n) is 8.83. The average molecular weight is 389 g/mol. The summed E-state index contributed by atoms with van der Waals surface area (Å²) < 4.78 is 0. The Morgan fingerprint density at radius 1 is 1.15 bits per heavy atom. The lowest BCUT2D eigenvalue weighted by Gasteiger charge is -2.35. The molecule has 2 aromatic rings. The van der Waals surface area contributed by atoms with Crippen molar-refractivity contribution in [3.8, 4) is 0 Å². The van der Waals surface area contributed by atoms with Gasteiger partial charge in [-0.2, -0.15) is 0 Å². The number of anilines is 2. The van der Waals surface area contributed by atoms with Crippen LogP contribution in [0.2, 0.25) is 0 Å². The highest BCUT2D eigenvalue weighted by Crippen LogP contribution is 2.32. The number of benzene rings is 2. The Labute approximate surface area is 165 Å². The number of hydrogen-bond acceptors (Lipinski definition) is 4. The molecule has 1 aliphatic heterocycles. The number of carbonyl (C=O) groups is 2. The van der Waals surface area contributed by atoms with Gasteiger partial charge < -0.3 is 16.0 Å². The lowest BCUT2D eigenvalue weighted by molar-refractivity contribution is -0.121. The second kappa shape index (κ2) is 9.28. The van der Waals surface area contributed by atoms with Crippen LogP contribution in [0.1, 0.15) is 24.5 Å². The summed E-state index contributed by atoms with van der Waals surface area (Å²) in [7, 11) is 0. The van der Waals surface area contributed by atoms with Crippen LogP contribution in [0, 0.1) is 0 Å². The van der Waals surface area contributed by atoms with E-state index in [1.54, 1.807) is 6.92 Å². The molecule has 0 spiro atoms. The molecule has 144 valence electrons. The zero-order valence-electron chi connectivity index (χ0n) is 15.3. The number of nitrogens with two attached hydrogens (primary N) is 1. The summed E-state index contributed by atoms with van der Waals surface area (Å²) in [6.45, 7) is 2.94.